The van der Waals surface area contributed by atoms with Crippen molar-refractivity contribution in [3.05, 3.63) is 12.2 Å². The number of ether oxygens (including phenoxy) is 2. The van der Waals surface area contributed by atoms with Crippen molar-refractivity contribution >= 4 is 0 Å². The molecular formula is C11H21NO2. The first-order valence-corrected chi connectivity index (χ1v) is 5.33. The summed E-state index contributed by atoms with van der Waals surface area (Å²) in [5.41, 5.74) is 1.20. The second-order valence-corrected chi connectivity index (χ2v) is 3.82. The Morgan fingerprint density at radius 2 is 2.14 bits per heavy atom. The summed E-state index contributed by atoms with van der Waals surface area (Å²) in [5.74, 6) is 0. The molecule has 0 aromatic carbocycles. The maximum Gasteiger partial charge on any atom is 0.159 e. The van der Waals surface area contributed by atoms with Crippen molar-refractivity contribution in [2.75, 3.05) is 19.8 Å². The Balaban J connectivity index is 2.29. The summed E-state index contributed by atoms with van der Waals surface area (Å²) < 4.78 is 10.8. The van der Waals surface area contributed by atoms with Crippen LogP contribution in [0.2, 0.25) is 0 Å². The molecule has 0 aromatic heterocycles. The molecule has 1 unspecified atom stereocenters. The average molecular weight is 199 g/mol. The van der Waals surface area contributed by atoms with Gasteiger partial charge < -0.3 is 14.8 Å². The molecule has 3 nitrogen and oxygen atoms in total. The monoisotopic (exact) mass is 199 g/mol. The van der Waals surface area contributed by atoms with E-state index in [1.54, 1.807) is 0 Å². The van der Waals surface area contributed by atoms with Gasteiger partial charge in [-0.25, -0.2) is 0 Å². The second kappa shape index (κ2) is 6.17. The van der Waals surface area contributed by atoms with Gasteiger partial charge in [-0.05, 0) is 19.9 Å². The summed E-state index contributed by atoms with van der Waals surface area (Å²) in [6.07, 6.45) is 1.90. The summed E-state index contributed by atoms with van der Waals surface area (Å²) in [4.78, 5) is 0. The molecule has 1 saturated heterocycles. The number of hydrogen-bond donors (Lipinski definition) is 1. The second-order valence-electron chi connectivity index (χ2n) is 3.82. The van der Waals surface area contributed by atoms with E-state index >= 15 is 0 Å². The van der Waals surface area contributed by atoms with Crippen LogP contribution in [-0.2, 0) is 9.47 Å². The molecule has 0 aliphatic carbocycles. The third-order valence-electron chi connectivity index (χ3n) is 2.26. The maximum absolute atomic E-state index is 5.42. The van der Waals surface area contributed by atoms with Gasteiger partial charge in [-0.2, -0.15) is 0 Å². The highest BCUT2D eigenvalue weighted by molar-refractivity contribution is 4.93. The molecule has 0 amide bonds. The molecule has 1 aliphatic rings. The van der Waals surface area contributed by atoms with Crippen LogP contribution >= 0.6 is 0 Å². The zero-order chi connectivity index (χ0) is 10.4. The lowest BCUT2D eigenvalue weighted by Crippen LogP contribution is -2.33. The van der Waals surface area contributed by atoms with Crippen LogP contribution in [0.5, 0.6) is 0 Å². The molecule has 0 aromatic rings. The van der Waals surface area contributed by atoms with Gasteiger partial charge in [-0.1, -0.05) is 12.5 Å². The molecule has 3 heteroatoms. The van der Waals surface area contributed by atoms with Gasteiger partial charge in [0.15, 0.2) is 6.29 Å². The summed E-state index contributed by atoms with van der Waals surface area (Å²) in [6, 6.07) is 0.431. The van der Waals surface area contributed by atoms with Crippen molar-refractivity contribution in [3.8, 4) is 0 Å². The highest BCUT2D eigenvalue weighted by atomic mass is 16.7. The smallest absolute Gasteiger partial charge is 0.159 e. The van der Waals surface area contributed by atoms with Crippen LogP contribution in [0.25, 0.3) is 0 Å². The van der Waals surface area contributed by atoms with Crippen LogP contribution in [-0.4, -0.2) is 32.1 Å². The molecule has 1 N–H and O–H groups in total. The molecule has 0 bridgehead atoms. The van der Waals surface area contributed by atoms with E-state index < -0.39 is 0 Å². The van der Waals surface area contributed by atoms with Crippen molar-refractivity contribution in [1.82, 2.24) is 5.32 Å². The van der Waals surface area contributed by atoms with Gasteiger partial charge in [-0.15, -0.1) is 6.58 Å². The Kier molecular flexibility index (Phi) is 5.15. The van der Waals surface area contributed by atoms with Gasteiger partial charge in [0.05, 0.1) is 13.2 Å². The molecule has 1 atom stereocenters. The normalized spacial score (nSPS) is 19.9. The van der Waals surface area contributed by atoms with Gasteiger partial charge in [0.1, 0.15) is 0 Å². The van der Waals surface area contributed by atoms with Crippen molar-refractivity contribution < 1.29 is 9.47 Å². The highest BCUT2D eigenvalue weighted by Crippen LogP contribution is 2.14. The number of rotatable bonds is 6. The minimum absolute atomic E-state index is 0.0154. The quantitative estimate of drug-likeness (QED) is 0.660. The minimum atomic E-state index is -0.0154. The molecule has 1 rings (SSSR count). The first-order chi connectivity index (χ1) is 6.72. The fourth-order valence-corrected chi connectivity index (χ4v) is 1.72. The van der Waals surface area contributed by atoms with E-state index in [9.17, 15) is 0 Å². The Morgan fingerprint density at radius 3 is 2.64 bits per heavy atom. The van der Waals surface area contributed by atoms with Crippen molar-refractivity contribution in [2.45, 2.75) is 39.0 Å². The summed E-state index contributed by atoms with van der Waals surface area (Å²) in [5, 5.41) is 3.42. The lowest BCUT2D eigenvalue weighted by molar-refractivity contribution is -0.0525. The summed E-state index contributed by atoms with van der Waals surface area (Å²) in [6.45, 7) is 10.5. The third kappa shape index (κ3) is 4.22. The molecule has 0 spiro atoms. The Hall–Kier alpha value is -0.380. The predicted octanol–water partition coefficient (Wildman–Crippen LogP) is 1.69. The fraction of sp³-hybridized carbons (Fsp3) is 0.818. The van der Waals surface area contributed by atoms with Crippen molar-refractivity contribution in [3.63, 3.8) is 0 Å². The first-order valence-electron chi connectivity index (χ1n) is 5.33. The summed E-state index contributed by atoms with van der Waals surface area (Å²) in [7, 11) is 0. The van der Waals surface area contributed by atoms with E-state index in [2.05, 4.69) is 25.7 Å². The van der Waals surface area contributed by atoms with E-state index in [4.69, 9.17) is 9.47 Å². The topological polar surface area (TPSA) is 30.5 Å². The van der Waals surface area contributed by atoms with E-state index in [1.165, 1.54) is 5.57 Å². The first kappa shape index (κ1) is 11.7. The van der Waals surface area contributed by atoms with E-state index in [0.717, 1.165) is 32.6 Å². The minimum Gasteiger partial charge on any atom is -0.350 e. The largest absolute Gasteiger partial charge is 0.350 e. The molecule has 1 fully saturated rings. The van der Waals surface area contributed by atoms with Gasteiger partial charge in [-0.3, -0.25) is 0 Å². The predicted molar refractivity (Wildman–Crippen MR) is 57.2 cm³/mol. The van der Waals surface area contributed by atoms with E-state index in [-0.39, 0.29) is 6.29 Å². The highest BCUT2D eigenvalue weighted by Gasteiger charge is 2.20. The third-order valence-corrected chi connectivity index (χ3v) is 2.26. The zero-order valence-electron chi connectivity index (χ0n) is 9.21. The average Bonchev–Trinajstić information content (AvgIpc) is 2.56. The van der Waals surface area contributed by atoms with Crippen molar-refractivity contribution in [2.24, 2.45) is 0 Å². The van der Waals surface area contributed by atoms with Gasteiger partial charge in [0.2, 0.25) is 0 Å². The standard InChI is InChI=1S/C11H21NO2/c1-4-12-10(7-9(2)3)8-11-13-5-6-14-11/h10-12H,2,4-8H2,1,3H3. The zero-order valence-corrected chi connectivity index (χ0v) is 9.21. The molecule has 0 saturated carbocycles. The van der Waals surface area contributed by atoms with Crippen LogP contribution in [0.3, 0.4) is 0 Å². The number of hydrogen-bond acceptors (Lipinski definition) is 3. The molecule has 82 valence electrons. The lowest BCUT2D eigenvalue weighted by Gasteiger charge is -2.20. The maximum atomic E-state index is 5.42. The van der Waals surface area contributed by atoms with Gasteiger partial charge in [0, 0.05) is 12.5 Å². The van der Waals surface area contributed by atoms with Crippen LogP contribution in [0.1, 0.15) is 26.7 Å². The SMILES string of the molecule is C=C(C)CC(CC1OCCO1)NCC. The van der Waals surface area contributed by atoms with Crippen molar-refractivity contribution in [1.29, 1.82) is 0 Å². The molecule has 1 aliphatic heterocycles. The van der Waals surface area contributed by atoms with Gasteiger partial charge >= 0.3 is 0 Å². The molecular weight excluding hydrogens is 178 g/mol. The summed E-state index contributed by atoms with van der Waals surface area (Å²) >= 11 is 0. The molecule has 14 heavy (non-hydrogen) atoms. The van der Waals surface area contributed by atoms with Crippen LogP contribution in [0, 0.1) is 0 Å². The van der Waals surface area contributed by atoms with Crippen LogP contribution in [0.4, 0.5) is 0 Å². The van der Waals surface area contributed by atoms with E-state index in [0.29, 0.717) is 6.04 Å². The molecule has 1 heterocycles. The van der Waals surface area contributed by atoms with Crippen LogP contribution < -0.4 is 5.32 Å². The lowest BCUT2D eigenvalue weighted by atomic mass is 10.1. The van der Waals surface area contributed by atoms with Crippen LogP contribution in [0.15, 0.2) is 12.2 Å². The Morgan fingerprint density at radius 1 is 1.50 bits per heavy atom. The Bertz CT molecular complexity index is 176. The Labute approximate surface area is 86.5 Å². The molecule has 0 radical (unpaired) electrons. The number of nitrogens with one attached hydrogen (secondary N) is 1. The van der Waals surface area contributed by atoms with E-state index in [1.807, 2.05) is 0 Å². The fourth-order valence-electron chi connectivity index (χ4n) is 1.72. The van der Waals surface area contributed by atoms with Gasteiger partial charge in [0.25, 0.3) is 0 Å².